The lowest BCUT2D eigenvalue weighted by Gasteiger charge is -2.48. The number of carbonyl (C=O) groups is 2. The molecule has 4 nitrogen and oxygen atoms in total. The molecule has 0 amide bonds. The van der Waals surface area contributed by atoms with Gasteiger partial charge < -0.3 is 9.47 Å². The van der Waals surface area contributed by atoms with Crippen molar-refractivity contribution in [2.24, 2.45) is 23.2 Å². The molecule has 0 aromatic heterocycles. The van der Waals surface area contributed by atoms with Gasteiger partial charge in [-0.2, -0.15) is 0 Å². The SMILES string of the molecule is COC(=O)C1C[C@H]2C3CCc4cc(OC)ccc4[C@H]3CC[C@]2(C)C1=O. The molecule has 0 saturated heterocycles. The molecule has 0 bridgehead atoms. The fourth-order valence-electron chi connectivity index (χ4n) is 5.85. The number of carbonyl (C=O) groups excluding carboxylic acids is 2. The summed E-state index contributed by atoms with van der Waals surface area (Å²) in [5, 5.41) is 0. The number of hydrogen-bond acceptors (Lipinski definition) is 4. The van der Waals surface area contributed by atoms with Crippen LogP contribution < -0.4 is 4.74 Å². The molecule has 1 aromatic carbocycles. The predicted octanol–water partition coefficient (Wildman–Crippen LogP) is 3.52. The second kappa shape index (κ2) is 5.86. The fourth-order valence-corrected chi connectivity index (χ4v) is 5.85. The highest BCUT2D eigenvalue weighted by atomic mass is 16.5. The van der Waals surface area contributed by atoms with Crippen LogP contribution in [-0.2, 0) is 20.7 Å². The summed E-state index contributed by atoms with van der Waals surface area (Å²) in [6.07, 6.45) is 4.67. The van der Waals surface area contributed by atoms with Crippen molar-refractivity contribution >= 4 is 11.8 Å². The van der Waals surface area contributed by atoms with Crippen molar-refractivity contribution in [3.05, 3.63) is 29.3 Å². The number of benzene rings is 1. The molecule has 0 spiro atoms. The van der Waals surface area contributed by atoms with Gasteiger partial charge in [0, 0.05) is 5.41 Å². The van der Waals surface area contributed by atoms with Crippen LogP contribution in [0.15, 0.2) is 18.2 Å². The van der Waals surface area contributed by atoms with Gasteiger partial charge in [-0.25, -0.2) is 0 Å². The second-order valence-corrected chi connectivity index (χ2v) is 8.11. The number of esters is 1. The van der Waals surface area contributed by atoms with Crippen molar-refractivity contribution in [1.29, 1.82) is 0 Å². The Morgan fingerprint density at radius 3 is 2.76 bits per heavy atom. The molecule has 1 aromatic rings. The maximum absolute atomic E-state index is 12.9. The van der Waals surface area contributed by atoms with E-state index in [1.165, 1.54) is 18.2 Å². The minimum absolute atomic E-state index is 0.114. The average Bonchev–Trinajstić information content (AvgIpc) is 2.91. The lowest BCUT2D eigenvalue weighted by molar-refractivity contribution is -0.149. The molecule has 3 aliphatic carbocycles. The Kier molecular flexibility index (Phi) is 3.89. The molecule has 2 fully saturated rings. The van der Waals surface area contributed by atoms with E-state index in [0.29, 0.717) is 18.3 Å². The Labute approximate surface area is 148 Å². The molecule has 2 saturated carbocycles. The van der Waals surface area contributed by atoms with Gasteiger partial charge >= 0.3 is 5.97 Å². The zero-order chi connectivity index (χ0) is 17.8. The van der Waals surface area contributed by atoms with Gasteiger partial charge in [0.05, 0.1) is 14.2 Å². The Bertz CT molecular complexity index is 725. The summed E-state index contributed by atoms with van der Waals surface area (Å²) in [4.78, 5) is 25.0. The van der Waals surface area contributed by atoms with E-state index < -0.39 is 5.92 Å². The normalized spacial score (nSPS) is 36.2. The Hall–Kier alpha value is -1.84. The van der Waals surface area contributed by atoms with Crippen LogP contribution in [0.25, 0.3) is 0 Å². The molecule has 0 N–H and O–H groups in total. The van der Waals surface area contributed by atoms with Crippen molar-refractivity contribution in [2.75, 3.05) is 14.2 Å². The fraction of sp³-hybridized carbons (Fsp3) is 0.619. The highest BCUT2D eigenvalue weighted by Gasteiger charge is 2.59. The molecule has 0 heterocycles. The number of fused-ring (bicyclic) bond motifs is 5. The largest absolute Gasteiger partial charge is 0.497 e. The summed E-state index contributed by atoms with van der Waals surface area (Å²) in [5.74, 6) is 1.39. The van der Waals surface area contributed by atoms with E-state index >= 15 is 0 Å². The van der Waals surface area contributed by atoms with E-state index in [4.69, 9.17) is 9.47 Å². The Morgan fingerprint density at radius 1 is 1.24 bits per heavy atom. The highest BCUT2D eigenvalue weighted by molar-refractivity contribution is 6.03. The molecular weight excluding hydrogens is 316 g/mol. The van der Waals surface area contributed by atoms with Crippen LogP contribution in [0.1, 0.15) is 49.7 Å². The van der Waals surface area contributed by atoms with Gasteiger partial charge in [-0.05, 0) is 73.1 Å². The van der Waals surface area contributed by atoms with Crippen molar-refractivity contribution in [2.45, 2.75) is 44.9 Å². The van der Waals surface area contributed by atoms with Gasteiger partial charge in [0.15, 0.2) is 5.78 Å². The lowest BCUT2D eigenvalue weighted by atomic mass is 9.55. The number of methoxy groups -OCH3 is 2. The molecule has 4 rings (SSSR count). The quantitative estimate of drug-likeness (QED) is 0.609. The molecular formula is C21H26O4. The van der Waals surface area contributed by atoms with Crippen LogP contribution in [0.3, 0.4) is 0 Å². The molecule has 134 valence electrons. The summed E-state index contributed by atoms with van der Waals surface area (Å²) in [6, 6.07) is 6.42. The van der Waals surface area contributed by atoms with Crippen LogP contribution in [0, 0.1) is 23.2 Å². The summed E-state index contributed by atoms with van der Waals surface area (Å²) in [5.41, 5.74) is 2.45. The van der Waals surface area contributed by atoms with E-state index in [9.17, 15) is 9.59 Å². The van der Waals surface area contributed by atoms with Gasteiger partial charge in [0.2, 0.25) is 0 Å². The van der Waals surface area contributed by atoms with E-state index in [1.54, 1.807) is 7.11 Å². The first-order valence-electron chi connectivity index (χ1n) is 9.28. The van der Waals surface area contributed by atoms with E-state index in [1.807, 2.05) is 6.07 Å². The highest BCUT2D eigenvalue weighted by Crippen LogP contribution is 2.60. The standard InChI is InChI=1S/C21H26O4/c1-21-9-8-15-14-7-5-13(24-2)10-12(14)4-6-16(15)18(21)11-17(19(21)22)20(23)25-3/h5,7,10,15-18H,4,6,8-9,11H2,1-3H3/t15-,16?,17?,18+,21+/m1/s1. The number of aryl methyl sites for hydroxylation is 1. The lowest BCUT2D eigenvalue weighted by Crippen LogP contribution is -2.42. The van der Waals surface area contributed by atoms with Crippen LogP contribution in [-0.4, -0.2) is 26.0 Å². The van der Waals surface area contributed by atoms with Crippen LogP contribution >= 0.6 is 0 Å². The van der Waals surface area contributed by atoms with Crippen molar-refractivity contribution in [3.8, 4) is 5.75 Å². The first-order valence-corrected chi connectivity index (χ1v) is 9.28. The second-order valence-electron chi connectivity index (χ2n) is 8.11. The Balaban J connectivity index is 1.67. The smallest absolute Gasteiger partial charge is 0.316 e. The number of hydrogen-bond donors (Lipinski definition) is 0. The number of Topliss-reactive ketones (excluding diaryl/α,β-unsaturated/α-hetero) is 1. The third-order valence-corrected chi connectivity index (χ3v) is 7.18. The molecule has 25 heavy (non-hydrogen) atoms. The third kappa shape index (κ3) is 2.33. The minimum Gasteiger partial charge on any atom is -0.497 e. The molecule has 4 heteroatoms. The average molecular weight is 342 g/mol. The monoisotopic (exact) mass is 342 g/mol. The third-order valence-electron chi connectivity index (χ3n) is 7.18. The van der Waals surface area contributed by atoms with Crippen molar-refractivity contribution in [3.63, 3.8) is 0 Å². The van der Waals surface area contributed by atoms with Crippen molar-refractivity contribution in [1.82, 2.24) is 0 Å². The van der Waals surface area contributed by atoms with E-state index in [2.05, 4.69) is 19.1 Å². The molecule has 3 aliphatic rings. The first-order chi connectivity index (χ1) is 12.0. The van der Waals surface area contributed by atoms with Crippen molar-refractivity contribution < 1.29 is 19.1 Å². The summed E-state index contributed by atoms with van der Waals surface area (Å²) < 4.78 is 10.3. The van der Waals surface area contributed by atoms with Gasteiger partial charge in [-0.3, -0.25) is 9.59 Å². The molecule has 2 unspecified atom stereocenters. The van der Waals surface area contributed by atoms with E-state index in [-0.39, 0.29) is 23.1 Å². The summed E-state index contributed by atoms with van der Waals surface area (Å²) >= 11 is 0. The van der Waals surface area contributed by atoms with Gasteiger partial charge in [0.25, 0.3) is 0 Å². The van der Waals surface area contributed by atoms with Gasteiger partial charge in [-0.1, -0.05) is 13.0 Å². The molecule has 0 aliphatic heterocycles. The summed E-state index contributed by atoms with van der Waals surface area (Å²) in [7, 11) is 3.09. The Morgan fingerprint density at radius 2 is 2.04 bits per heavy atom. The topological polar surface area (TPSA) is 52.6 Å². The number of ether oxygens (including phenoxy) is 2. The first kappa shape index (κ1) is 16.6. The molecule has 5 atom stereocenters. The van der Waals surface area contributed by atoms with Gasteiger partial charge in [0.1, 0.15) is 11.7 Å². The van der Waals surface area contributed by atoms with Gasteiger partial charge in [-0.15, -0.1) is 0 Å². The minimum atomic E-state index is -0.559. The van der Waals surface area contributed by atoms with Crippen LogP contribution in [0.4, 0.5) is 0 Å². The maximum atomic E-state index is 12.9. The number of ketones is 1. The summed E-state index contributed by atoms with van der Waals surface area (Å²) in [6.45, 7) is 2.09. The zero-order valence-corrected chi connectivity index (χ0v) is 15.2. The van der Waals surface area contributed by atoms with Crippen LogP contribution in [0.5, 0.6) is 5.75 Å². The molecule has 0 radical (unpaired) electrons. The van der Waals surface area contributed by atoms with Crippen LogP contribution in [0.2, 0.25) is 0 Å². The number of rotatable bonds is 2. The predicted molar refractivity (Wildman–Crippen MR) is 93.5 cm³/mol. The zero-order valence-electron chi connectivity index (χ0n) is 15.2. The maximum Gasteiger partial charge on any atom is 0.316 e. The van der Waals surface area contributed by atoms with E-state index in [0.717, 1.165) is 31.4 Å².